The summed E-state index contributed by atoms with van der Waals surface area (Å²) in [5.41, 5.74) is 0.419. The zero-order valence-electron chi connectivity index (χ0n) is 9.67. The largest absolute Gasteiger partial charge is 0.481 e. The number of amides is 1. The number of likely N-dealkylation sites (tertiary alicyclic amines) is 1. The third-order valence-electron chi connectivity index (χ3n) is 3.04. The van der Waals surface area contributed by atoms with E-state index in [1.54, 1.807) is 11.0 Å². The molecule has 1 unspecified atom stereocenters. The molecule has 1 aromatic rings. The van der Waals surface area contributed by atoms with Gasteiger partial charge in [-0.1, -0.05) is 11.6 Å². The van der Waals surface area contributed by atoms with E-state index in [-0.39, 0.29) is 18.2 Å². The highest BCUT2D eigenvalue weighted by Crippen LogP contribution is 2.23. The fourth-order valence-electron chi connectivity index (χ4n) is 2.15. The third-order valence-corrected chi connectivity index (χ3v) is 3.34. The van der Waals surface area contributed by atoms with Crippen LogP contribution in [0.5, 0.6) is 0 Å². The molecule has 0 bridgehead atoms. The molecule has 0 aliphatic carbocycles. The lowest BCUT2D eigenvalue weighted by atomic mass is 10.1. The first-order chi connectivity index (χ1) is 8.58. The molecule has 1 saturated heterocycles. The van der Waals surface area contributed by atoms with Crippen LogP contribution in [0.2, 0.25) is 5.02 Å². The van der Waals surface area contributed by atoms with Crippen molar-refractivity contribution in [2.24, 2.45) is 5.92 Å². The van der Waals surface area contributed by atoms with Crippen LogP contribution in [0.25, 0.3) is 0 Å². The van der Waals surface area contributed by atoms with Crippen LogP contribution in [0.15, 0.2) is 18.5 Å². The quantitative estimate of drug-likeness (QED) is 0.905. The van der Waals surface area contributed by atoms with Gasteiger partial charge in [0.1, 0.15) is 0 Å². The number of carbonyl (C=O) groups excluding carboxylic acids is 1. The van der Waals surface area contributed by atoms with E-state index in [1.165, 1.54) is 12.4 Å². The molecule has 1 aliphatic heterocycles. The molecule has 2 heterocycles. The molecule has 1 aromatic heterocycles. The molecule has 1 N–H and O–H groups in total. The number of hydrogen-bond donors (Lipinski definition) is 1. The number of hydrogen-bond acceptors (Lipinski definition) is 3. The molecule has 0 radical (unpaired) electrons. The summed E-state index contributed by atoms with van der Waals surface area (Å²) in [6.07, 6.45) is 3.78. The second-order valence-electron chi connectivity index (χ2n) is 4.36. The molecule has 18 heavy (non-hydrogen) atoms. The number of carbonyl (C=O) groups is 2. The molecule has 6 heteroatoms. The minimum absolute atomic E-state index is 0.0343. The van der Waals surface area contributed by atoms with Gasteiger partial charge < -0.3 is 10.0 Å². The number of carboxylic acids is 1. The Bertz CT molecular complexity index is 478. The minimum Gasteiger partial charge on any atom is -0.481 e. The maximum Gasteiger partial charge on any atom is 0.303 e. The molecule has 0 saturated carbocycles. The second kappa shape index (κ2) is 5.35. The van der Waals surface area contributed by atoms with Gasteiger partial charge in [0.25, 0.3) is 5.91 Å². The van der Waals surface area contributed by atoms with Crippen molar-refractivity contribution in [3.05, 3.63) is 29.0 Å². The van der Waals surface area contributed by atoms with Crippen molar-refractivity contribution in [1.29, 1.82) is 0 Å². The smallest absolute Gasteiger partial charge is 0.303 e. The van der Waals surface area contributed by atoms with Crippen LogP contribution in [0.3, 0.4) is 0 Å². The van der Waals surface area contributed by atoms with Crippen LogP contribution in [0, 0.1) is 5.92 Å². The fourth-order valence-corrected chi connectivity index (χ4v) is 2.35. The summed E-state index contributed by atoms with van der Waals surface area (Å²) in [6, 6.07) is 1.58. The Morgan fingerprint density at radius 3 is 3.00 bits per heavy atom. The number of aromatic nitrogens is 1. The average Bonchev–Trinajstić information content (AvgIpc) is 2.76. The second-order valence-corrected chi connectivity index (χ2v) is 4.77. The van der Waals surface area contributed by atoms with E-state index < -0.39 is 5.97 Å². The summed E-state index contributed by atoms with van der Waals surface area (Å²) < 4.78 is 0. The summed E-state index contributed by atoms with van der Waals surface area (Å²) in [5, 5.41) is 9.05. The number of nitrogens with zero attached hydrogens (tertiary/aromatic N) is 2. The van der Waals surface area contributed by atoms with E-state index in [1.807, 2.05) is 0 Å². The van der Waals surface area contributed by atoms with Gasteiger partial charge in [0.15, 0.2) is 0 Å². The molecule has 1 amide bonds. The van der Waals surface area contributed by atoms with E-state index in [9.17, 15) is 9.59 Å². The van der Waals surface area contributed by atoms with Crippen molar-refractivity contribution in [3.63, 3.8) is 0 Å². The van der Waals surface area contributed by atoms with Crippen molar-refractivity contribution < 1.29 is 14.7 Å². The van der Waals surface area contributed by atoms with Crippen LogP contribution in [0.4, 0.5) is 0 Å². The summed E-state index contributed by atoms with van der Waals surface area (Å²) in [5.74, 6) is -0.946. The van der Waals surface area contributed by atoms with Gasteiger partial charge in [0.05, 0.1) is 10.6 Å². The molecular formula is C12H13ClN2O3. The van der Waals surface area contributed by atoms with Gasteiger partial charge in [-0.3, -0.25) is 14.6 Å². The van der Waals surface area contributed by atoms with Crippen molar-refractivity contribution in [3.8, 4) is 0 Å². The summed E-state index contributed by atoms with van der Waals surface area (Å²) in [4.78, 5) is 28.3. The number of pyridine rings is 1. The number of carboxylic acid groups (broad SMARTS) is 1. The fraction of sp³-hybridized carbons (Fsp3) is 0.417. The van der Waals surface area contributed by atoms with Gasteiger partial charge in [-0.2, -0.15) is 0 Å². The van der Waals surface area contributed by atoms with Crippen LogP contribution < -0.4 is 0 Å². The van der Waals surface area contributed by atoms with Gasteiger partial charge in [-0.25, -0.2) is 0 Å². The van der Waals surface area contributed by atoms with Crippen molar-refractivity contribution in [2.45, 2.75) is 12.8 Å². The predicted octanol–water partition coefficient (Wildman–Crippen LogP) is 1.67. The van der Waals surface area contributed by atoms with E-state index in [0.717, 1.165) is 6.42 Å². The molecule has 0 aromatic carbocycles. The highest BCUT2D eigenvalue weighted by Gasteiger charge is 2.29. The summed E-state index contributed by atoms with van der Waals surface area (Å²) in [7, 11) is 0. The lowest BCUT2D eigenvalue weighted by molar-refractivity contribution is -0.138. The SMILES string of the molecule is O=C(O)CC1CCN(C(=O)c2ccncc2Cl)C1. The van der Waals surface area contributed by atoms with Gasteiger partial charge in [-0.05, 0) is 18.4 Å². The average molecular weight is 269 g/mol. The number of halogens is 1. The van der Waals surface area contributed by atoms with Crippen LogP contribution in [-0.2, 0) is 4.79 Å². The number of rotatable bonds is 3. The molecule has 5 nitrogen and oxygen atoms in total. The first-order valence-electron chi connectivity index (χ1n) is 5.68. The Hall–Kier alpha value is -1.62. The Morgan fingerprint density at radius 2 is 2.33 bits per heavy atom. The summed E-state index contributed by atoms with van der Waals surface area (Å²) in [6.45, 7) is 1.05. The predicted molar refractivity (Wildman–Crippen MR) is 65.5 cm³/mol. The molecule has 2 rings (SSSR count). The van der Waals surface area contributed by atoms with Crippen molar-refractivity contribution in [2.75, 3.05) is 13.1 Å². The molecule has 1 atom stereocenters. The zero-order chi connectivity index (χ0) is 13.1. The third kappa shape index (κ3) is 2.79. The van der Waals surface area contributed by atoms with Crippen molar-refractivity contribution in [1.82, 2.24) is 9.88 Å². The van der Waals surface area contributed by atoms with Crippen LogP contribution >= 0.6 is 11.6 Å². The first kappa shape index (κ1) is 12.8. The monoisotopic (exact) mass is 268 g/mol. The van der Waals surface area contributed by atoms with Crippen molar-refractivity contribution >= 4 is 23.5 Å². The first-order valence-corrected chi connectivity index (χ1v) is 6.06. The molecular weight excluding hydrogens is 256 g/mol. The van der Waals surface area contributed by atoms with Gasteiger partial charge in [-0.15, -0.1) is 0 Å². The topological polar surface area (TPSA) is 70.5 Å². The Morgan fingerprint density at radius 1 is 1.56 bits per heavy atom. The molecule has 1 aliphatic rings. The lowest BCUT2D eigenvalue weighted by Gasteiger charge is -2.16. The van der Waals surface area contributed by atoms with E-state index in [2.05, 4.69) is 4.98 Å². The molecule has 0 spiro atoms. The zero-order valence-corrected chi connectivity index (χ0v) is 10.4. The van der Waals surface area contributed by atoms with E-state index >= 15 is 0 Å². The molecule has 96 valence electrons. The van der Waals surface area contributed by atoms with Crippen LogP contribution in [-0.4, -0.2) is 40.0 Å². The Labute approximate surface area is 109 Å². The van der Waals surface area contributed by atoms with Gasteiger partial charge >= 0.3 is 5.97 Å². The standard InChI is InChI=1S/C12H13ClN2O3/c13-10-6-14-3-1-9(10)12(18)15-4-2-8(7-15)5-11(16)17/h1,3,6,8H,2,4-5,7H2,(H,16,17). The van der Waals surface area contributed by atoms with E-state index in [0.29, 0.717) is 23.7 Å². The maximum atomic E-state index is 12.2. The molecule has 1 fully saturated rings. The summed E-state index contributed by atoms with van der Waals surface area (Å²) >= 11 is 5.91. The minimum atomic E-state index is -0.823. The van der Waals surface area contributed by atoms with Gasteiger partial charge in [0.2, 0.25) is 0 Å². The highest BCUT2D eigenvalue weighted by atomic mass is 35.5. The Kier molecular flexibility index (Phi) is 3.81. The normalized spacial score (nSPS) is 18.9. The highest BCUT2D eigenvalue weighted by molar-refractivity contribution is 6.33. The lowest BCUT2D eigenvalue weighted by Crippen LogP contribution is -2.29. The Balaban J connectivity index is 2.04. The van der Waals surface area contributed by atoms with E-state index in [4.69, 9.17) is 16.7 Å². The van der Waals surface area contributed by atoms with Crippen LogP contribution in [0.1, 0.15) is 23.2 Å². The maximum absolute atomic E-state index is 12.2. The number of aliphatic carboxylic acids is 1. The van der Waals surface area contributed by atoms with Gasteiger partial charge in [0, 0.05) is 31.9 Å².